The molecule has 0 aromatic heterocycles. The molecule has 0 aliphatic carbocycles. The van der Waals surface area contributed by atoms with E-state index in [4.69, 9.17) is 9.47 Å². The van der Waals surface area contributed by atoms with E-state index in [2.05, 4.69) is 0 Å². The fourth-order valence-corrected chi connectivity index (χ4v) is 2.46. The van der Waals surface area contributed by atoms with Crippen LogP contribution >= 0.6 is 0 Å². The predicted octanol–water partition coefficient (Wildman–Crippen LogP) is 3.39. The van der Waals surface area contributed by atoms with Crippen LogP contribution in [0.5, 0.6) is 11.5 Å². The molecule has 3 nitrogen and oxygen atoms in total. The van der Waals surface area contributed by atoms with Crippen LogP contribution < -0.4 is 9.47 Å². The number of aliphatic hydroxyl groups is 1. The minimum Gasteiger partial charge on any atom is -0.497 e. The Hall–Kier alpha value is -2.07. The van der Waals surface area contributed by atoms with Crippen LogP contribution in [-0.4, -0.2) is 12.2 Å². The standard InChI is InChI=1S/C16H15FO3/c1-19-12-4-2-3-10(7-12)15-9-14(18)13-6-5-11(17)8-16(13)20-15/h2-8,14-15,18H,9H2,1H3/t14-,15?/m1/s1. The second-order valence-electron chi connectivity index (χ2n) is 4.82. The molecule has 0 fully saturated rings. The molecule has 2 atom stereocenters. The maximum Gasteiger partial charge on any atom is 0.128 e. The maximum absolute atomic E-state index is 13.3. The summed E-state index contributed by atoms with van der Waals surface area (Å²) < 4.78 is 24.3. The Morgan fingerprint density at radius 1 is 1.25 bits per heavy atom. The Balaban J connectivity index is 1.94. The van der Waals surface area contributed by atoms with Crippen LogP contribution in [0.2, 0.25) is 0 Å². The summed E-state index contributed by atoms with van der Waals surface area (Å²) in [5.41, 5.74) is 1.53. The monoisotopic (exact) mass is 274 g/mol. The number of hydrogen-bond donors (Lipinski definition) is 1. The van der Waals surface area contributed by atoms with Crippen LogP contribution in [-0.2, 0) is 0 Å². The first-order valence-electron chi connectivity index (χ1n) is 6.45. The lowest BCUT2D eigenvalue weighted by Crippen LogP contribution is -2.19. The summed E-state index contributed by atoms with van der Waals surface area (Å²) in [6.07, 6.45) is -0.531. The van der Waals surface area contributed by atoms with E-state index in [1.54, 1.807) is 13.2 Å². The van der Waals surface area contributed by atoms with Gasteiger partial charge in [-0.1, -0.05) is 12.1 Å². The van der Waals surface area contributed by atoms with E-state index in [9.17, 15) is 9.50 Å². The molecule has 2 aromatic carbocycles. The average Bonchev–Trinajstić information content (AvgIpc) is 2.46. The molecule has 1 aliphatic rings. The SMILES string of the molecule is COc1cccc(C2C[C@@H](O)c3ccc(F)cc3O2)c1. The highest BCUT2D eigenvalue weighted by Crippen LogP contribution is 2.41. The van der Waals surface area contributed by atoms with Gasteiger partial charge in [0.15, 0.2) is 0 Å². The Morgan fingerprint density at radius 2 is 2.10 bits per heavy atom. The molecule has 3 rings (SSSR count). The highest BCUT2D eigenvalue weighted by atomic mass is 19.1. The summed E-state index contributed by atoms with van der Waals surface area (Å²) in [5.74, 6) is 0.754. The maximum atomic E-state index is 13.3. The highest BCUT2D eigenvalue weighted by molar-refractivity contribution is 5.39. The van der Waals surface area contributed by atoms with Gasteiger partial charge in [0, 0.05) is 18.1 Å². The molecule has 0 amide bonds. The third-order valence-electron chi connectivity index (χ3n) is 3.51. The lowest BCUT2D eigenvalue weighted by Gasteiger charge is -2.30. The predicted molar refractivity (Wildman–Crippen MR) is 72.3 cm³/mol. The number of benzene rings is 2. The zero-order valence-corrected chi connectivity index (χ0v) is 11.0. The van der Waals surface area contributed by atoms with Gasteiger partial charge in [-0.2, -0.15) is 0 Å². The second kappa shape index (κ2) is 5.13. The molecule has 0 saturated heterocycles. The fourth-order valence-electron chi connectivity index (χ4n) is 2.46. The molecule has 1 N–H and O–H groups in total. The van der Waals surface area contributed by atoms with Gasteiger partial charge < -0.3 is 14.6 Å². The molecule has 0 bridgehead atoms. The Kier molecular flexibility index (Phi) is 3.32. The van der Waals surface area contributed by atoms with Gasteiger partial charge >= 0.3 is 0 Å². The summed E-state index contributed by atoms with van der Waals surface area (Å²) in [6.45, 7) is 0. The Morgan fingerprint density at radius 3 is 2.90 bits per heavy atom. The normalized spacial score (nSPS) is 20.9. The number of rotatable bonds is 2. The topological polar surface area (TPSA) is 38.7 Å². The van der Waals surface area contributed by atoms with Crippen LogP contribution in [0.1, 0.15) is 29.8 Å². The van der Waals surface area contributed by atoms with Gasteiger partial charge in [-0.25, -0.2) is 4.39 Å². The minimum atomic E-state index is -0.657. The molecule has 1 heterocycles. The summed E-state index contributed by atoms with van der Waals surface area (Å²) in [4.78, 5) is 0. The van der Waals surface area contributed by atoms with E-state index in [-0.39, 0.29) is 11.9 Å². The van der Waals surface area contributed by atoms with Gasteiger partial charge in [0.2, 0.25) is 0 Å². The van der Waals surface area contributed by atoms with Crippen LogP contribution in [0.3, 0.4) is 0 Å². The smallest absolute Gasteiger partial charge is 0.128 e. The summed E-state index contributed by atoms with van der Waals surface area (Å²) >= 11 is 0. The number of methoxy groups -OCH3 is 1. The van der Waals surface area contributed by atoms with Gasteiger partial charge in [0.05, 0.1) is 13.2 Å². The first-order chi connectivity index (χ1) is 9.67. The molecule has 0 radical (unpaired) electrons. The first-order valence-corrected chi connectivity index (χ1v) is 6.45. The van der Waals surface area contributed by atoms with Crippen molar-refractivity contribution >= 4 is 0 Å². The zero-order valence-electron chi connectivity index (χ0n) is 11.0. The van der Waals surface area contributed by atoms with Gasteiger partial charge in [-0.3, -0.25) is 0 Å². The van der Waals surface area contributed by atoms with Crippen molar-refractivity contribution in [1.29, 1.82) is 0 Å². The zero-order chi connectivity index (χ0) is 14.1. The van der Waals surface area contributed by atoms with Crippen molar-refractivity contribution in [3.8, 4) is 11.5 Å². The molecule has 1 unspecified atom stereocenters. The lowest BCUT2D eigenvalue weighted by atomic mass is 9.95. The van der Waals surface area contributed by atoms with Gasteiger partial charge in [0.25, 0.3) is 0 Å². The molecule has 0 spiro atoms. The van der Waals surface area contributed by atoms with Crippen molar-refractivity contribution in [1.82, 2.24) is 0 Å². The molecule has 0 saturated carbocycles. The van der Waals surface area contributed by atoms with E-state index >= 15 is 0 Å². The Bertz CT molecular complexity index is 627. The number of hydrogen-bond acceptors (Lipinski definition) is 3. The van der Waals surface area contributed by atoms with Crippen molar-refractivity contribution in [2.75, 3.05) is 7.11 Å². The Labute approximate surface area is 116 Å². The van der Waals surface area contributed by atoms with E-state index in [1.807, 2.05) is 24.3 Å². The lowest BCUT2D eigenvalue weighted by molar-refractivity contribution is 0.0652. The fraction of sp³-hybridized carbons (Fsp3) is 0.250. The largest absolute Gasteiger partial charge is 0.497 e. The number of fused-ring (bicyclic) bond motifs is 1. The summed E-state index contributed by atoms with van der Waals surface area (Å²) in [5, 5.41) is 10.2. The molecule has 4 heteroatoms. The van der Waals surface area contributed by atoms with Crippen LogP contribution in [0.25, 0.3) is 0 Å². The van der Waals surface area contributed by atoms with Crippen molar-refractivity contribution < 1.29 is 19.0 Å². The molecule has 20 heavy (non-hydrogen) atoms. The average molecular weight is 274 g/mol. The third kappa shape index (κ3) is 2.34. The number of aliphatic hydroxyl groups excluding tert-OH is 1. The van der Waals surface area contributed by atoms with Crippen molar-refractivity contribution in [3.05, 3.63) is 59.4 Å². The quantitative estimate of drug-likeness (QED) is 0.912. The van der Waals surface area contributed by atoms with Gasteiger partial charge in [-0.15, -0.1) is 0 Å². The van der Waals surface area contributed by atoms with Crippen molar-refractivity contribution in [2.24, 2.45) is 0 Å². The highest BCUT2D eigenvalue weighted by Gasteiger charge is 2.28. The second-order valence-corrected chi connectivity index (χ2v) is 4.82. The third-order valence-corrected chi connectivity index (χ3v) is 3.51. The van der Waals surface area contributed by atoms with Crippen molar-refractivity contribution in [2.45, 2.75) is 18.6 Å². The minimum absolute atomic E-state index is 0.311. The van der Waals surface area contributed by atoms with E-state index < -0.39 is 6.10 Å². The van der Waals surface area contributed by atoms with Crippen LogP contribution in [0.4, 0.5) is 4.39 Å². The van der Waals surface area contributed by atoms with Crippen molar-refractivity contribution in [3.63, 3.8) is 0 Å². The van der Waals surface area contributed by atoms with Crippen LogP contribution in [0, 0.1) is 5.82 Å². The van der Waals surface area contributed by atoms with Gasteiger partial charge in [-0.05, 0) is 29.8 Å². The van der Waals surface area contributed by atoms with Crippen LogP contribution in [0.15, 0.2) is 42.5 Å². The molecular formula is C16H15FO3. The first kappa shape index (κ1) is 12.9. The van der Waals surface area contributed by atoms with Gasteiger partial charge in [0.1, 0.15) is 23.4 Å². The summed E-state index contributed by atoms with van der Waals surface area (Å²) in [7, 11) is 1.60. The molecular weight excluding hydrogens is 259 g/mol. The molecule has 1 aliphatic heterocycles. The molecule has 2 aromatic rings. The van der Waals surface area contributed by atoms with E-state index in [1.165, 1.54) is 12.1 Å². The van der Waals surface area contributed by atoms with E-state index in [0.29, 0.717) is 17.7 Å². The number of ether oxygens (including phenoxy) is 2. The summed E-state index contributed by atoms with van der Waals surface area (Å²) in [6, 6.07) is 11.7. The van der Waals surface area contributed by atoms with E-state index in [0.717, 1.165) is 11.3 Å². The molecule has 104 valence electrons. The number of halogens is 1.